The monoisotopic (exact) mass is 600 g/mol. The summed E-state index contributed by atoms with van der Waals surface area (Å²) in [5, 5.41) is 4.77. The zero-order chi connectivity index (χ0) is 30.1. The number of hydrogen-bond acceptors (Lipinski definition) is 6. The van der Waals surface area contributed by atoms with Crippen LogP contribution in [-0.2, 0) is 28.8 Å². The highest BCUT2D eigenvalue weighted by atomic mass is 16.5. The molecule has 4 fully saturated rings. The Bertz CT molecular complexity index is 1500. The van der Waals surface area contributed by atoms with Crippen molar-refractivity contribution in [1.82, 2.24) is 5.32 Å². The molecule has 2 aromatic rings. The summed E-state index contributed by atoms with van der Waals surface area (Å²) in [6, 6.07) is 4.04. The predicted octanol–water partition coefficient (Wildman–Crippen LogP) is 6.62. The molecule has 238 valence electrons. The van der Waals surface area contributed by atoms with E-state index in [0.717, 1.165) is 112 Å². The van der Waals surface area contributed by atoms with Crippen LogP contribution in [0.5, 0.6) is 0 Å². The third kappa shape index (κ3) is 4.71. The highest BCUT2D eigenvalue weighted by molar-refractivity contribution is 5.90. The molecule has 1 N–H and O–H groups in total. The Labute approximate surface area is 262 Å². The average molecular weight is 601 g/mol. The standard InChI is InChI=1S/C38H52N2O4/c1-37-14-11-27(41)23-26(37)7-8-28-31-9-10-33(38(31,2)15-12-32(28)37)43-20-17-39-16-13-24-22-34(42)44-36-29-6-4-19-40-18-3-5-25(35(29)40)21-30(24)36/h21-22,26,28,31-33,39H,3-20,23H2,1-2H3/t26-,28-,31-,32-,33-,37-,38-/m0/s1. The maximum absolute atomic E-state index is 12.6. The fourth-order valence-electron chi connectivity index (χ4n) is 11.6. The van der Waals surface area contributed by atoms with Crippen molar-refractivity contribution in [2.45, 2.75) is 110 Å². The molecule has 6 aliphatic rings. The van der Waals surface area contributed by atoms with Crippen molar-refractivity contribution >= 4 is 22.4 Å². The van der Waals surface area contributed by atoms with Gasteiger partial charge in [-0.1, -0.05) is 13.8 Å². The van der Waals surface area contributed by atoms with Crippen LogP contribution in [0, 0.1) is 34.5 Å². The first kappa shape index (κ1) is 29.2. The lowest BCUT2D eigenvalue weighted by Gasteiger charge is -2.60. The van der Waals surface area contributed by atoms with Gasteiger partial charge in [0.25, 0.3) is 0 Å². The largest absolute Gasteiger partial charge is 0.422 e. The van der Waals surface area contributed by atoms with Crippen LogP contribution >= 0.6 is 0 Å². The summed E-state index contributed by atoms with van der Waals surface area (Å²) in [6.45, 7) is 9.73. The van der Waals surface area contributed by atoms with E-state index in [1.54, 1.807) is 6.07 Å². The van der Waals surface area contributed by atoms with E-state index in [9.17, 15) is 9.59 Å². The maximum Gasteiger partial charge on any atom is 0.336 e. The molecule has 1 aromatic heterocycles. The number of Topliss-reactive ketones (excluding diaryl/α,β-unsaturated/α-hetero) is 1. The average Bonchev–Trinajstić information content (AvgIpc) is 3.36. The molecule has 44 heavy (non-hydrogen) atoms. The minimum absolute atomic E-state index is 0.224. The van der Waals surface area contributed by atoms with Crippen molar-refractivity contribution in [2.24, 2.45) is 34.5 Å². The first-order chi connectivity index (χ1) is 21.3. The molecule has 3 heterocycles. The third-order valence-corrected chi connectivity index (χ3v) is 13.9. The normalized spacial score (nSPS) is 36.1. The molecule has 0 spiro atoms. The molecule has 0 radical (unpaired) electrons. The number of aryl methyl sites for hydroxylation is 2. The van der Waals surface area contributed by atoms with E-state index in [-0.39, 0.29) is 5.63 Å². The van der Waals surface area contributed by atoms with E-state index in [1.165, 1.54) is 61.8 Å². The number of benzene rings is 1. The minimum Gasteiger partial charge on any atom is -0.422 e. The number of ketones is 1. The second-order valence-corrected chi connectivity index (χ2v) is 15.9. The maximum atomic E-state index is 12.6. The molecule has 7 atom stereocenters. The van der Waals surface area contributed by atoms with Gasteiger partial charge >= 0.3 is 5.63 Å². The summed E-state index contributed by atoms with van der Waals surface area (Å²) >= 11 is 0. The lowest BCUT2D eigenvalue weighted by Crippen LogP contribution is -2.54. The van der Waals surface area contributed by atoms with Gasteiger partial charge in [0, 0.05) is 55.2 Å². The van der Waals surface area contributed by atoms with Crippen molar-refractivity contribution in [3.63, 3.8) is 0 Å². The van der Waals surface area contributed by atoms with Crippen LogP contribution in [0.1, 0.15) is 101 Å². The molecule has 0 saturated heterocycles. The molecule has 6 nitrogen and oxygen atoms in total. The Hall–Kier alpha value is -2.18. The Kier molecular flexibility index (Phi) is 7.48. The van der Waals surface area contributed by atoms with Crippen LogP contribution in [0.15, 0.2) is 21.3 Å². The molecule has 1 aromatic carbocycles. The molecule has 2 aliphatic heterocycles. The number of ether oxygens (including phenoxy) is 1. The highest BCUT2D eigenvalue weighted by Gasteiger charge is 2.60. The van der Waals surface area contributed by atoms with Gasteiger partial charge in [-0.2, -0.15) is 0 Å². The fraction of sp³-hybridized carbons (Fsp3) is 0.737. The minimum atomic E-state index is -0.224. The van der Waals surface area contributed by atoms with Crippen LogP contribution in [0.2, 0.25) is 0 Å². The van der Waals surface area contributed by atoms with Crippen LogP contribution in [0.3, 0.4) is 0 Å². The van der Waals surface area contributed by atoms with E-state index in [2.05, 4.69) is 30.1 Å². The summed E-state index contributed by atoms with van der Waals surface area (Å²) in [4.78, 5) is 27.4. The number of nitrogens with zero attached hydrogens (tertiary/aromatic N) is 1. The van der Waals surface area contributed by atoms with Gasteiger partial charge in [-0.25, -0.2) is 4.79 Å². The summed E-state index contributed by atoms with van der Waals surface area (Å²) < 4.78 is 12.5. The quantitative estimate of drug-likeness (QED) is 0.285. The van der Waals surface area contributed by atoms with Gasteiger partial charge < -0.3 is 19.4 Å². The van der Waals surface area contributed by atoms with Gasteiger partial charge in [0.1, 0.15) is 11.4 Å². The van der Waals surface area contributed by atoms with Crippen molar-refractivity contribution in [3.05, 3.63) is 39.2 Å². The van der Waals surface area contributed by atoms with Crippen LogP contribution in [0.25, 0.3) is 11.0 Å². The van der Waals surface area contributed by atoms with Crippen LogP contribution in [-0.4, -0.2) is 44.7 Å². The Morgan fingerprint density at radius 1 is 0.932 bits per heavy atom. The molecular formula is C38H52N2O4. The van der Waals surface area contributed by atoms with Gasteiger partial charge in [0.05, 0.1) is 12.7 Å². The number of anilines is 1. The zero-order valence-corrected chi connectivity index (χ0v) is 27.1. The molecule has 0 bridgehead atoms. The molecule has 0 unspecified atom stereocenters. The van der Waals surface area contributed by atoms with Crippen LogP contribution < -0.4 is 15.8 Å². The first-order valence-electron chi connectivity index (χ1n) is 18.1. The number of hydrogen-bond donors (Lipinski definition) is 1. The summed E-state index contributed by atoms with van der Waals surface area (Å²) in [6.07, 6.45) is 16.1. The Morgan fingerprint density at radius 3 is 2.66 bits per heavy atom. The van der Waals surface area contributed by atoms with Gasteiger partial charge in [0.2, 0.25) is 0 Å². The number of nitrogens with one attached hydrogen (secondary N) is 1. The van der Waals surface area contributed by atoms with Crippen molar-refractivity contribution in [1.29, 1.82) is 0 Å². The molecule has 0 amide bonds. The van der Waals surface area contributed by atoms with E-state index < -0.39 is 0 Å². The van der Waals surface area contributed by atoms with Gasteiger partial charge in [0.15, 0.2) is 0 Å². The molecular weight excluding hydrogens is 548 g/mol. The third-order valence-electron chi connectivity index (χ3n) is 13.9. The Morgan fingerprint density at radius 2 is 1.77 bits per heavy atom. The molecule has 8 rings (SSSR count). The SMILES string of the molecule is C[C@]12CCC(=O)C[C@@H]1CC[C@@H]1[C@@H]2CC[C@]2(C)[C@@H](OCCNCCc3cc(=O)oc4c5c6c(cc34)CCCN6CCC5)CC[C@@H]12. The fourth-order valence-corrected chi connectivity index (χ4v) is 11.6. The zero-order valence-electron chi connectivity index (χ0n) is 27.1. The van der Waals surface area contributed by atoms with Crippen molar-refractivity contribution in [2.75, 3.05) is 37.7 Å². The number of carbonyl (C=O) groups is 1. The highest BCUT2D eigenvalue weighted by Crippen LogP contribution is 2.66. The predicted molar refractivity (Wildman–Crippen MR) is 174 cm³/mol. The smallest absolute Gasteiger partial charge is 0.336 e. The van der Waals surface area contributed by atoms with Crippen LogP contribution in [0.4, 0.5) is 5.69 Å². The molecule has 4 saturated carbocycles. The Balaban J connectivity index is 0.873. The summed E-state index contributed by atoms with van der Waals surface area (Å²) in [7, 11) is 0. The topological polar surface area (TPSA) is 71.8 Å². The van der Waals surface area contributed by atoms with Gasteiger partial charge in [-0.3, -0.25) is 4.79 Å². The number of fused-ring (bicyclic) bond motifs is 7. The van der Waals surface area contributed by atoms with E-state index in [4.69, 9.17) is 9.15 Å². The lowest BCUT2D eigenvalue weighted by atomic mass is 9.45. The van der Waals surface area contributed by atoms with Gasteiger partial charge in [-0.15, -0.1) is 0 Å². The summed E-state index contributed by atoms with van der Waals surface area (Å²) in [5.74, 6) is 3.53. The molecule has 6 heteroatoms. The lowest BCUT2D eigenvalue weighted by molar-refractivity contribution is -0.145. The molecule has 4 aliphatic carbocycles. The van der Waals surface area contributed by atoms with Gasteiger partial charge in [-0.05, 0) is 135 Å². The number of carbonyl (C=O) groups excluding carboxylic acids is 1. The number of rotatable bonds is 7. The summed E-state index contributed by atoms with van der Waals surface area (Å²) in [5.41, 5.74) is 6.44. The van der Waals surface area contributed by atoms with Crippen molar-refractivity contribution < 1.29 is 13.9 Å². The van der Waals surface area contributed by atoms with E-state index in [1.807, 2.05) is 0 Å². The van der Waals surface area contributed by atoms with Crippen molar-refractivity contribution in [3.8, 4) is 0 Å². The second kappa shape index (κ2) is 11.3. The van der Waals surface area contributed by atoms with E-state index in [0.29, 0.717) is 28.6 Å². The first-order valence-corrected chi connectivity index (χ1v) is 18.1. The van der Waals surface area contributed by atoms with E-state index >= 15 is 0 Å². The second-order valence-electron chi connectivity index (χ2n) is 15.9.